The molecule has 1 fully saturated rings. The second kappa shape index (κ2) is 7.11. The number of carbonyl (C=O) groups is 3. The molecule has 3 heterocycles. The van der Waals surface area contributed by atoms with Crippen LogP contribution >= 0.6 is 0 Å². The van der Waals surface area contributed by atoms with Gasteiger partial charge < -0.3 is 10.3 Å². The minimum atomic E-state index is -0.450. The number of nitrogens with zero attached hydrogens (tertiary/aromatic N) is 2. The van der Waals surface area contributed by atoms with Crippen LogP contribution in [-0.4, -0.2) is 40.2 Å². The van der Waals surface area contributed by atoms with Crippen molar-refractivity contribution in [3.05, 3.63) is 59.8 Å². The number of hydrogen-bond acceptors (Lipinski definition) is 4. The van der Waals surface area contributed by atoms with Crippen LogP contribution in [0.3, 0.4) is 0 Å². The number of fused-ring (bicyclic) bond motifs is 3. The molecule has 2 aliphatic rings. The molecule has 152 valence electrons. The van der Waals surface area contributed by atoms with Crippen LogP contribution < -0.4 is 10.2 Å². The summed E-state index contributed by atoms with van der Waals surface area (Å²) in [6.07, 6.45) is 1.01. The van der Waals surface area contributed by atoms with Crippen LogP contribution in [0.25, 0.3) is 10.9 Å². The fourth-order valence-electron chi connectivity index (χ4n) is 4.52. The molecule has 7 heteroatoms. The molecule has 1 aromatic heterocycles. The zero-order chi connectivity index (χ0) is 20.8. The average Bonchev–Trinajstić information content (AvgIpc) is 3.25. The topological polar surface area (TPSA) is 85.5 Å². The molecule has 2 N–H and O–H groups in total. The molecule has 0 bridgehead atoms. The van der Waals surface area contributed by atoms with Crippen LogP contribution in [0.2, 0.25) is 0 Å². The minimum Gasteiger partial charge on any atom is -0.358 e. The smallest absolute Gasteiger partial charge is 0.251 e. The number of aromatic amines is 1. The number of carbonyl (C=O) groups excluding carboxylic acids is 3. The largest absolute Gasteiger partial charge is 0.358 e. The minimum absolute atomic E-state index is 0.169. The molecule has 7 nitrogen and oxygen atoms in total. The number of hydrogen-bond donors (Lipinski definition) is 2. The van der Waals surface area contributed by atoms with Crippen LogP contribution in [0, 0.1) is 0 Å². The third-order valence-electron chi connectivity index (χ3n) is 5.92. The van der Waals surface area contributed by atoms with Gasteiger partial charge in [0.15, 0.2) is 0 Å². The van der Waals surface area contributed by atoms with Crippen molar-refractivity contribution in [2.45, 2.75) is 32.4 Å². The standard InChI is InChI=1S/C23H22N4O3/c1-14(28)24-15-6-8-16(9-7-15)27-22(29)12-21(23(27)30)26-11-10-20-18(13-26)17-4-2-3-5-19(17)25-20/h2-9,21,25H,10-13H2,1H3,(H,24,28). The number of H-pyrrole nitrogens is 1. The Morgan fingerprint density at radius 2 is 1.87 bits per heavy atom. The van der Waals surface area contributed by atoms with Crippen LogP contribution in [0.1, 0.15) is 24.6 Å². The van der Waals surface area contributed by atoms with Crippen molar-refractivity contribution >= 4 is 40.0 Å². The Labute approximate surface area is 173 Å². The Balaban J connectivity index is 1.37. The molecule has 1 unspecified atom stereocenters. The molecule has 1 atom stereocenters. The van der Waals surface area contributed by atoms with Crippen molar-refractivity contribution in [1.82, 2.24) is 9.88 Å². The van der Waals surface area contributed by atoms with E-state index in [2.05, 4.69) is 27.3 Å². The van der Waals surface area contributed by atoms with E-state index in [0.717, 1.165) is 18.5 Å². The van der Waals surface area contributed by atoms with Gasteiger partial charge in [-0.05, 0) is 35.9 Å². The lowest BCUT2D eigenvalue weighted by atomic mass is 10.0. The molecule has 3 amide bonds. The number of aromatic nitrogens is 1. The highest BCUT2D eigenvalue weighted by Gasteiger charge is 2.43. The normalized spacial score (nSPS) is 19.4. The first-order chi connectivity index (χ1) is 14.5. The molecular formula is C23H22N4O3. The predicted molar refractivity (Wildman–Crippen MR) is 114 cm³/mol. The Kier molecular flexibility index (Phi) is 4.40. The van der Waals surface area contributed by atoms with Crippen molar-refractivity contribution in [3.8, 4) is 0 Å². The second-order valence-corrected chi connectivity index (χ2v) is 7.86. The number of nitrogens with one attached hydrogen (secondary N) is 2. The van der Waals surface area contributed by atoms with E-state index in [9.17, 15) is 14.4 Å². The Morgan fingerprint density at radius 1 is 1.10 bits per heavy atom. The lowest BCUT2D eigenvalue weighted by molar-refractivity contribution is -0.123. The van der Waals surface area contributed by atoms with Crippen molar-refractivity contribution in [2.75, 3.05) is 16.8 Å². The number of anilines is 2. The monoisotopic (exact) mass is 402 g/mol. The molecule has 3 aromatic rings. The van der Waals surface area contributed by atoms with Crippen LogP contribution in [0.4, 0.5) is 11.4 Å². The Bertz CT molecular complexity index is 1160. The number of benzene rings is 2. The summed E-state index contributed by atoms with van der Waals surface area (Å²) in [5.74, 6) is -0.546. The summed E-state index contributed by atoms with van der Waals surface area (Å²) in [6, 6.07) is 14.5. The highest BCUT2D eigenvalue weighted by Crippen LogP contribution is 2.32. The summed E-state index contributed by atoms with van der Waals surface area (Å²) in [5, 5.41) is 3.87. The summed E-state index contributed by atoms with van der Waals surface area (Å²) in [7, 11) is 0. The molecule has 2 aromatic carbocycles. The van der Waals surface area contributed by atoms with E-state index < -0.39 is 6.04 Å². The molecular weight excluding hydrogens is 380 g/mol. The maximum absolute atomic E-state index is 13.2. The lowest BCUT2D eigenvalue weighted by Crippen LogP contribution is -2.44. The Hall–Kier alpha value is -3.45. The van der Waals surface area contributed by atoms with Gasteiger partial charge in [0, 0.05) is 48.7 Å². The first-order valence-electron chi connectivity index (χ1n) is 10.1. The fourth-order valence-corrected chi connectivity index (χ4v) is 4.52. The van der Waals surface area contributed by atoms with E-state index in [0.29, 0.717) is 17.9 Å². The molecule has 5 rings (SSSR count). The van der Waals surface area contributed by atoms with Gasteiger partial charge in [0.2, 0.25) is 11.8 Å². The third-order valence-corrected chi connectivity index (χ3v) is 5.92. The third kappa shape index (κ3) is 3.07. The first kappa shape index (κ1) is 18.6. The van der Waals surface area contributed by atoms with Gasteiger partial charge in [0.05, 0.1) is 18.2 Å². The van der Waals surface area contributed by atoms with Gasteiger partial charge in [-0.1, -0.05) is 18.2 Å². The molecule has 0 spiro atoms. The maximum Gasteiger partial charge on any atom is 0.251 e. The SMILES string of the molecule is CC(=O)Nc1ccc(N2C(=O)CC(N3CCc4[nH]c5ccccc5c4C3)C2=O)cc1. The summed E-state index contributed by atoms with van der Waals surface area (Å²) in [4.78, 5) is 44.0. The number of amides is 3. The molecule has 1 saturated heterocycles. The van der Waals surface area contributed by atoms with E-state index in [1.807, 2.05) is 12.1 Å². The molecule has 30 heavy (non-hydrogen) atoms. The number of para-hydroxylation sites is 1. The van der Waals surface area contributed by atoms with E-state index in [1.165, 1.54) is 28.5 Å². The zero-order valence-electron chi connectivity index (χ0n) is 16.6. The second-order valence-electron chi connectivity index (χ2n) is 7.86. The number of imide groups is 1. The van der Waals surface area contributed by atoms with Gasteiger partial charge in [0.25, 0.3) is 5.91 Å². The summed E-state index contributed by atoms with van der Waals surface area (Å²) in [6.45, 7) is 2.82. The fraction of sp³-hybridized carbons (Fsp3) is 0.261. The highest BCUT2D eigenvalue weighted by molar-refractivity contribution is 6.22. The van der Waals surface area contributed by atoms with E-state index in [1.54, 1.807) is 24.3 Å². The summed E-state index contributed by atoms with van der Waals surface area (Å²) >= 11 is 0. The van der Waals surface area contributed by atoms with Crippen molar-refractivity contribution < 1.29 is 14.4 Å². The van der Waals surface area contributed by atoms with Gasteiger partial charge in [-0.15, -0.1) is 0 Å². The Morgan fingerprint density at radius 3 is 2.63 bits per heavy atom. The molecule has 0 radical (unpaired) electrons. The average molecular weight is 402 g/mol. The predicted octanol–water partition coefficient (Wildman–Crippen LogP) is 2.82. The van der Waals surface area contributed by atoms with Crippen LogP contribution in [0.15, 0.2) is 48.5 Å². The van der Waals surface area contributed by atoms with Crippen LogP contribution in [-0.2, 0) is 27.3 Å². The van der Waals surface area contributed by atoms with E-state index in [-0.39, 0.29) is 24.1 Å². The van der Waals surface area contributed by atoms with Gasteiger partial charge in [-0.2, -0.15) is 0 Å². The van der Waals surface area contributed by atoms with Crippen molar-refractivity contribution in [3.63, 3.8) is 0 Å². The quantitative estimate of drug-likeness (QED) is 0.660. The van der Waals surface area contributed by atoms with E-state index >= 15 is 0 Å². The van der Waals surface area contributed by atoms with Crippen molar-refractivity contribution in [2.24, 2.45) is 0 Å². The zero-order valence-corrected chi connectivity index (χ0v) is 16.6. The van der Waals surface area contributed by atoms with Crippen LogP contribution in [0.5, 0.6) is 0 Å². The maximum atomic E-state index is 13.2. The van der Waals surface area contributed by atoms with Gasteiger partial charge in [0.1, 0.15) is 0 Å². The molecule has 2 aliphatic heterocycles. The highest BCUT2D eigenvalue weighted by atomic mass is 16.2. The van der Waals surface area contributed by atoms with Gasteiger partial charge >= 0.3 is 0 Å². The van der Waals surface area contributed by atoms with Gasteiger partial charge in [-0.25, -0.2) is 4.90 Å². The van der Waals surface area contributed by atoms with Gasteiger partial charge in [-0.3, -0.25) is 19.3 Å². The summed E-state index contributed by atoms with van der Waals surface area (Å²) in [5.41, 5.74) is 4.71. The molecule has 0 saturated carbocycles. The van der Waals surface area contributed by atoms with E-state index in [4.69, 9.17) is 0 Å². The van der Waals surface area contributed by atoms with Crippen molar-refractivity contribution in [1.29, 1.82) is 0 Å². The first-order valence-corrected chi connectivity index (χ1v) is 10.1. The number of rotatable bonds is 3. The lowest BCUT2D eigenvalue weighted by Gasteiger charge is -2.31. The molecule has 0 aliphatic carbocycles. The summed E-state index contributed by atoms with van der Waals surface area (Å²) < 4.78 is 0.